The molecule has 0 aliphatic heterocycles. The molecule has 1 aromatic carbocycles. The molecule has 2 unspecified atom stereocenters. The topological polar surface area (TPSA) is 15.3 Å². The van der Waals surface area contributed by atoms with Gasteiger partial charge in [0, 0.05) is 25.2 Å². The Kier molecular flexibility index (Phi) is 7.25. The van der Waals surface area contributed by atoms with Crippen molar-refractivity contribution in [2.24, 2.45) is 0 Å². The van der Waals surface area contributed by atoms with Crippen LogP contribution in [0.4, 0.5) is 0 Å². The lowest BCUT2D eigenvalue weighted by atomic mass is 9.99. The summed E-state index contributed by atoms with van der Waals surface area (Å²) < 4.78 is 0. The first kappa shape index (κ1) is 17.2. The standard InChI is InChI=1S/C18H32N2/c1-7-16(5)20(6)13-17-8-10-18(11-9-17)15(4)12-19-14(2)3/h8-11,14-16,19H,7,12-13H2,1-6H3. The second-order valence-electron chi connectivity index (χ2n) is 6.38. The highest BCUT2D eigenvalue weighted by atomic mass is 15.1. The Labute approximate surface area is 125 Å². The third kappa shape index (κ3) is 5.64. The van der Waals surface area contributed by atoms with Crippen LogP contribution in [0.3, 0.4) is 0 Å². The van der Waals surface area contributed by atoms with Gasteiger partial charge in [0.25, 0.3) is 0 Å². The molecule has 0 bridgehead atoms. The van der Waals surface area contributed by atoms with Crippen LogP contribution in [0.1, 0.15) is 58.1 Å². The molecule has 0 amide bonds. The molecule has 0 fully saturated rings. The number of rotatable bonds is 8. The highest BCUT2D eigenvalue weighted by Gasteiger charge is 2.09. The van der Waals surface area contributed by atoms with Gasteiger partial charge in [-0.1, -0.05) is 52.0 Å². The molecule has 114 valence electrons. The van der Waals surface area contributed by atoms with Gasteiger partial charge in [-0.05, 0) is 37.4 Å². The molecule has 2 heteroatoms. The van der Waals surface area contributed by atoms with Crippen molar-refractivity contribution in [3.05, 3.63) is 35.4 Å². The van der Waals surface area contributed by atoms with E-state index < -0.39 is 0 Å². The van der Waals surface area contributed by atoms with Crippen LogP contribution in [0, 0.1) is 0 Å². The zero-order valence-electron chi connectivity index (χ0n) is 14.1. The SMILES string of the molecule is CCC(C)N(C)Cc1ccc(C(C)CNC(C)C)cc1. The average Bonchev–Trinajstić information content (AvgIpc) is 2.44. The number of benzene rings is 1. The van der Waals surface area contributed by atoms with Crippen LogP contribution >= 0.6 is 0 Å². The second-order valence-corrected chi connectivity index (χ2v) is 6.38. The lowest BCUT2D eigenvalue weighted by Gasteiger charge is -2.23. The van der Waals surface area contributed by atoms with Gasteiger partial charge >= 0.3 is 0 Å². The minimum atomic E-state index is 0.556. The van der Waals surface area contributed by atoms with E-state index in [1.54, 1.807) is 0 Å². The summed E-state index contributed by atoms with van der Waals surface area (Å²) in [5.74, 6) is 0.568. The average molecular weight is 276 g/mol. The third-order valence-electron chi connectivity index (χ3n) is 4.16. The monoisotopic (exact) mass is 276 g/mol. The minimum Gasteiger partial charge on any atom is -0.314 e. The summed E-state index contributed by atoms with van der Waals surface area (Å²) in [6.07, 6.45) is 1.20. The first-order chi connectivity index (χ1) is 9.43. The molecule has 0 heterocycles. The van der Waals surface area contributed by atoms with Crippen molar-refractivity contribution in [1.29, 1.82) is 0 Å². The van der Waals surface area contributed by atoms with Gasteiger partial charge in [0.15, 0.2) is 0 Å². The molecule has 20 heavy (non-hydrogen) atoms. The molecule has 1 N–H and O–H groups in total. The molecule has 1 rings (SSSR count). The number of hydrogen-bond acceptors (Lipinski definition) is 2. The maximum Gasteiger partial charge on any atom is 0.0233 e. The van der Waals surface area contributed by atoms with Crippen molar-refractivity contribution < 1.29 is 0 Å². The fraction of sp³-hybridized carbons (Fsp3) is 0.667. The Morgan fingerprint density at radius 2 is 1.65 bits per heavy atom. The van der Waals surface area contributed by atoms with Crippen LogP contribution in [-0.2, 0) is 6.54 Å². The zero-order valence-corrected chi connectivity index (χ0v) is 14.1. The first-order valence-corrected chi connectivity index (χ1v) is 7.96. The Hall–Kier alpha value is -0.860. The lowest BCUT2D eigenvalue weighted by Crippen LogP contribution is -2.28. The van der Waals surface area contributed by atoms with Gasteiger partial charge in [-0.2, -0.15) is 0 Å². The summed E-state index contributed by atoms with van der Waals surface area (Å²) in [5, 5.41) is 3.50. The molecule has 1 aromatic rings. The quantitative estimate of drug-likeness (QED) is 0.771. The smallest absolute Gasteiger partial charge is 0.0233 e. The van der Waals surface area contributed by atoms with Crippen molar-refractivity contribution in [2.45, 2.75) is 65.6 Å². The maximum absolute atomic E-state index is 3.50. The summed E-state index contributed by atoms with van der Waals surface area (Å²) in [6.45, 7) is 13.3. The van der Waals surface area contributed by atoms with Crippen molar-refractivity contribution in [3.8, 4) is 0 Å². The van der Waals surface area contributed by atoms with Crippen LogP contribution in [0.25, 0.3) is 0 Å². The van der Waals surface area contributed by atoms with E-state index in [1.807, 2.05) is 0 Å². The highest BCUT2D eigenvalue weighted by Crippen LogP contribution is 2.16. The van der Waals surface area contributed by atoms with E-state index in [0.29, 0.717) is 18.0 Å². The summed E-state index contributed by atoms with van der Waals surface area (Å²) in [7, 11) is 2.21. The zero-order chi connectivity index (χ0) is 15.1. The summed E-state index contributed by atoms with van der Waals surface area (Å²) in [5.41, 5.74) is 2.83. The Bertz CT molecular complexity index is 370. The minimum absolute atomic E-state index is 0.556. The molecule has 0 aliphatic rings. The fourth-order valence-electron chi connectivity index (χ4n) is 2.24. The number of nitrogens with one attached hydrogen (secondary N) is 1. The predicted molar refractivity (Wildman–Crippen MR) is 89.2 cm³/mol. The molecule has 2 nitrogen and oxygen atoms in total. The van der Waals surface area contributed by atoms with Gasteiger partial charge in [-0.25, -0.2) is 0 Å². The molecule has 0 spiro atoms. The normalized spacial score (nSPS) is 14.8. The first-order valence-electron chi connectivity index (χ1n) is 7.96. The molecule has 2 atom stereocenters. The number of nitrogens with zero attached hydrogens (tertiary/aromatic N) is 1. The second kappa shape index (κ2) is 8.43. The molecule has 0 aromatic heterocycles. The maximum atomic E-state index is 3.50. The van der Waals surface area contributed by atoms with Crippen LogP contribution in [0.2, 0.25) is 0 Å². The van der Waals surface area contributed by atoms with E-state index in [2.05, 4.69) is 76.1 Å². The highest BCUT2D eigenvalue weighted by molar-refractivity contribution is 5.25. The van der Waals surface area contributed by atoms with Crippen LogP contribution in [0.5, 0.6) is 0 Å². The van der Waals surface area contributed by atoms with Crippen LogP contribution in [-0.4, -0.2) is 30.6 Å². The van der Waals surface area contributed by atoms with E-state index in [9.17, 15) is 0 Å². The Balaban J connectivity index is 2.55. The predicted octanol–water partition coefficient (Wildman–Crippen LogP) is 4.02. The molecule has 0 aliphatic carbocycles. The van der Waals surface area contributed by atoms with Gasteiger partial charge in [0.1, 0.15) is 0 Å². The largest absolute Gasteiger partial charge is 0.314 e. The fourth-order valence-corrected chi connectivity index (χ4v) is 2.24. The Morgan fingerprint density at radius 3 is 2.15 bits per heavy atom. The summed E-state index contributed by atoms with van der Waals surface area (Å²) in [6, 6.07) is 10.3. The van der Waals surface area contributed by atoms with Crippen LogP contribution < -0.4 is 5.32 Å². The summed E-state index contributed by atoms with van der Waals surface area (Å²) >= 11 is 0. The molecule has 0 radical (unpaired) electrons. The van der Waals surface area contributed by atoms with Crippen molar-refractivity contribution in [1.82, 2.24) is 10.2 Å². The van der Waals surface area contributed by atoms with E-state index >= 15 is 0 Å². The van der Waals surface area contributed by atoms with Gasteiger partial charge in [0.05, 0.1) is 0 Å². The van der Waals surface area contributed by atoms with E-state index in [-0.39, 0.29) is 0 Å². The lowest BCUT2D eigenvalue weighted by molar-refractivity contribution is 0.244. The van der Waals surface area contributed by atoms with Gasteiger partial charge in [0.2, 0.25) is 0 Å². The van der Waals surface area contributed by atoms with Crippen LogP contribution in [0.15, 0.2) is 24.3 Å². The Morgan fingerprint density at radius 1 is 1.05 bits per heavy atom. The molecule has 0 saturated carbocycles. The van der Waals surface area contributed by atoms with Crippen molar-refractivity contribution in [2.75, 3.05) is 13.6 Å². The van der Waals surface area contributed by atoms with Gasteiger partial charge < -0.3 is 5.32 Å². The molecular formula is C18H32N2. The summed E-state index contributed by atoms with van der Waals surface area (Å²) in [4.78, 5) is 2.42. The van der Waals surface area contributed by atoms with E-state index in [4.69, 9.17) is 0 Å². The number of hydrogen-bond donors (Lipinski definition) is 1. The van der Waals surface area contributed by atoms with Gasteiger partial charge in [-0.15, -0.1) is 0 Å². The van der Waals surface area contributed by atoms with Crippen molar-refractivity contribution >= 4 is 0 Å². The van der Waals surface area contributed by atoms with Gasteiger partial charge in [-0.3, -0.25) is 4.90 Å². The third-order valence-corrected chi connectivity index (χ3v) is 4.16. The molecular weight excluding hydrogens is 244 g/mol. The molecule has 0 saturated heterocycles. The van der Waals surface area contributed by atoms with Crippen molar-refractivity contribution in [3.63, 3.8) is 0 Å². The van der Waals surface area contributed by atoms with E-state index in [0.717, 1.165) is 13.1 Å². The van der Waals surface area contributed by atoms with E-state index in [1.165, 1.54) is 17.5 Å².